The van der Waals surface area contributed by atoms with Crippen LogP contribution in [0.25, 0.3) is 0 Å². The van der Waals surface area contributed by atoms with E-state index in [-0.39, 0.29) is 5.78 Å². The molecule has 3 rings (SSSR count). The number of hydrogen-bond donors (Lipinski definition) is 0. The van der Waals surface area contributed by atoms with Crippen molar-refractivity contribution in [3.63, 3.8) is 0 Å². The molecule has 2 aromatic rings. The molecule has 0 fully saturated rings. The first-order valence-corrected chi connectivity index (χ1v) is 8.63. The third-order valence-corrected chi connectivity index (χ3v) is 5.37. The van der Waals surface area contributed by atoms with Crippen molar-refractivity contribution in [1.82, 2.24) is 0 Å². The van der Waals surface area contributed by atoms with E-state index >= 15 is 0 Å². The van der Waals surface area contributed by atoms with Crippen molar-refractivity contribution in [2.75, 3.05) is 14.2 Å². The van der Waals surface area contributed by atoms with E-state index < -0.39 is 10.9 Å². The lowest BCUT2D eigenvalue weighted by Crippen LogP contribution is -2.32. The topological polar surface area (TPSA) is 44.8 Å². The maximum Gasteiger partial charge on any atom is 0.188 e. The van der Waals surface area contributed by atoms with E-state index in [0.717, 1.165) is 5.56 Å². The Hall–Kier alpha value is -1.53. The number of carbonyl (C=O) groups excluding carboxylic acids is 1. The highest BCUT2D eigenvalue weighted by molar-refractivity contribution is 9.10. The molecule has 0 radical (unpaired) electrons. The molecule has 120 valence electrons. The number of Topliss-reactive ketones (excluding diaryl/α,β-unsaturated/α-hetero) is 1. The summed E-state index contributed by atoms with van der Waals surface area (Å²) in [6, 6.07) is 11.3. The lowest BCUT2D eigenvalue weighted by Gasteiger charge is -2.31. The first-order chi connectivity index (χ1) is 11.1. The fourth-order valence-corrected chi connectivity index (χ4v) is 3.79. The molecule has 2 atom stereocenters. The van der Waals surface area contributed by atoms with Crippen molar-refractivity contribution in [3.8, 4) is 17.2 Å². The van der Waals surface area contributed by atoms with Gasteiger partial charge in [0.2, 0.25) is 0 Å². The van der Waals surface area contributed by atoms with Crippen LogP contribution in [0, 0.1) is 0 Å². The van der Waals surface area contributed by atoms with Gasteiger partial charge in [-0.3, -0.25) is 4.79 Å². The van der Waals surface area contributed by atoms with Crippen LogP contribution in [0.1, 0.15) is 22.0 Å². The Morgan fingerprint density at radius 2 is 1.74 bits per heavy atom. The summed E-state index contributed by atoms with van der Waals surface area (Å²) in [5.41, 5.74) is 1.33. The van der Waals surface area contributed by atoms with Crippen molar-refractivity contribution in [1.29, 1.82) is 0 Å². The highest BCUT2D eigenvalue weighted by Crippen LogP contribution is 2.49. The molecule has 1 aliphatic heterocycles. The van der Waals surface area contributed by atoms with Crippen LogP contribution in [0.15, 0.2) is 40.9 Å². The highest BCUT2D eigenvalue weighted by atomic mass is 79.9. The quantitative estimate of drug-likeness (QED) is 0.655. The maximum atomic E-state index is 12.9. The lowest BCUT2D eigenvalue weighted by atomic mass is 9.95. The number of halogens is 2. The molecule has 0 spiro atoms. The van der Waals surface area contributed by atoms with Gasteiger partial charge in [-0.2, -0.15) is 0 Å². The Morgan fingerprint density at radius 3 is 2.35 bits per heavy atom. The minimum Gasteiger partial charge on any atom is -0.496 e. The molecule has 0 aliphatic carbocycles. The van der Waals surface area contributed by atoms with Crippen LogP contribution in [0.4, 0.5) is 0 Å². The molecule has 0 amide bonds. The lowest BCUT2D eigenvalue weighted by molar-refractivity contribution is 0.0865. The van der Waals surface area contributed by atoms with Gasteiger partial charge in [-0.1, -0.05) is 46.3 Å². The van der Waals surface area contributed by atoms with Gasteiger partial charge in [0.25, 0.3) is 0 Å². The highest BCUT2D eigenvalue weighted by Gasteiger charge is 2.40. The van der Waals surface area contributed by atoms with Crippen LogP contribution in [-0.2, 0) is 0 Å². The van der Waals surface area contributed by atoms with E-state index in [1.807, 2.05) is 30.3 Å². The van der Waals surface area contributed by atoms with Crippen molar-refractivity contribution in [2.24, 2.45) is 0 Å². The average molecular weight is 442 g/mol. The van der Waals surface area contributed by atoms with Crippen LogP contribution < -0.4 is 14.2 Å². The van der Waals surface area contributed by atoms with Crippen molar-refractivity contribution in [3.05, 3.63) is 52.0 Å². The Morgan fingerprint density at radius 1 is 1.09 bits per heavy atom. The normalized spacial score (nSPS) is 19.7. The van der Waals surface area contributed by atoms with E-state index in [0.29, 0.717) is 27.3 Å². The van der Waals surface area contributed by atoms with Crippen molar-refractivity contribution in [2.45, 2.75) is 10.9 Å². The third-order valence-electron chi connectivity index (χ3n) is 3.73. The number of rotatable bonds is 3. The van der Waals surface area contributed by atoms with E-state index in [1.54, 1.807) is 13.2 Å². The number of fused-ring (bicyclic) bond motifs is 1. The van der Waals surface area contributed by atoms with E-state index in [9.17, 15) is 4.79 Å². The van der Waals surface area contributed by atoms with Crippen LogP contribution in [0.2, 0.25) is 0 Å². The molecule has 0 bridgehead atoms. The van der Waals surface area contributed by atoms with E-state index in [2.05, 4.69) is 31.9 Å². The summed E-state index contributed by atoms with van der Waals surface area (Å²) < 4.78 is 17.4. The Balaban J connectivity index is 2.16. The number of benzene rings is 2. The van der Waals surface area contributed by atoms with Gasteiger partial charge in [0.15, 0.2) is 11.5 Å². The fourth-order valence-electron chi connectivity index (χ4n) is 2.58. The predicted molar refractivity (Wildman–Crippen MR) is 94.1 cm³/mol. The third kappa shape index (κ3) is 2.74. The molecular weight excluding hydrogens is 428 g/mol. The number of hydrogen-bond acceptors (Lipinski definition) is 4. The second kappa shape index (κ2) is 6.53. The largest absolute Gasteiger partial charge is 0.496 e. The number of alkyl halides is 1. The summed E-state index contributed by atoms with van der Waals surface area (Å²) in [6.45, 7) is 0. The minimum atomic E-state index is -0.494. The number of carbonyl (C=O) groups is 1. The molecule has 0 saturated carbocycles. The monoisotopic (exact) mass is 440 g/mol. The van der Waals surface area contributed by atoms with Crippen LogP contribution in [0.3, 0.4) is 0 Å². The van der Waals surface area contributed by atoms with Crippen molar-refractivity contribution < 1.29 is 19.0 Å². The standard InChI is InChI=1S/C17H14Br2O4/c1-21-10-8-11(22-2)13(18)17-12(10)15(20)14(19)16(23-17)9-6-4-3-5-7-9/h3-8,14,16H,1-2H3. The second-order valence-corrected chi connectivity index (χ2v) is 6.79. The summed E-state index contributed by atoms with van der Waals surface area (Å²) in [6.07, 6.45) is -0.427. The summed E-state index contributed by atoms with van der Waals surface area (Å²) in [4.78, 5) is 12.4. The molecule has 2 unspecified atom stereocenters. The molecule has 6 heteroatoms. The number of ether oxygens (including phenoxy) is 3. The maximum absolute atomic E-state index is 12.9. The molecular formula is C17H14Br2O4. The van der Waals surface area contributed by atoms with Gasteiger partial charge >= 0.3 is 0 Å². The smallest absolute Gasteiger partial charge is 0.188 e. The molecule has 2 aromatic carbocycles. The molecule has 0 saturated heterocycles. The van der Waals surface area contributed by atoms with E-state index in [4.69, 9.17) is 14.2 Å². The van der Waals surface area contributed by atoms with Crippen molar-refractivity contribution >= 4 is 37.6 Å². The molecule has 0 aromatic heterocycles. The molecule has 1 aliphatic rings. The van der Waals surface area contributed by atoms with Gasteiger partial charge in [0.05, 0.1) is 14.2 Å². The Bertz CT molecular complexity index is 746. The van der Waals surface area contributed by atoms with Gasteiger partial charge in [-0.05, 0) is 21.5 Å². The van der Waals surface area contributed by atoms with Gasteiger partial charge in [-0.15, -0.1) is 0 Å². The molecule has 0 N–H and O–H groups in total. The SMILES string of the molecule is COc1cc(OC)c2c(c1Br)OC(c1ccccc1)C(Br)C2=O. The Kier molecular flexibility index (Phi) is 4.64. The summed E-state index contributed by atoms with van der Waals surface area (Å²) >= 11 is 6.94. The zero-order valence-electron chi connectivity index (χ0n) is 12.5. The molecule has 1 heterocycles. The summed E-state index contributed by atoms with van der Waals surface area (Å²) in [5.74, 6) is 1.34. The van der Waals surface area contributed by atoms with Crippen LogP contribution in [-0.4, -0.2) is 24.8 Å². The summed E-state index contributed by atoms with van der Waals surface area (Å²) in [7, 11) is 3.07. The molecule has 23 heavy (non-hydrogen) atoms. The minimum absolute atomic E-state index is 0.0830. The first-order valence-electron chi connectivity index (χ1n) is 6.92. The fraction of sp³-hybridized carbons (Fsp3) is 0.235. The molecule has 4 nitrogen and oxygen atoms in total. The predicted octanol–water partition coefficient (Wildman–Crippen LogP) is 4.55. The van der Waals surface area contributed by atoms with E-state index in [1.165, 1.54) is 7.11 Å². The van der Waals surface area contributed by atoms with Gasteiger partial charge in [0.1, 0.15) is 32.5 Å². The number of ketones is 1. The van der Waals surface area contributed by atoms with Gasteiger partial charge in [0, 0.05) is 6.07 Å². The number of methoxy groups -OCH3 is 2. The Labute approximate surface area is 151 Å². The second-order valence-electron chi connectivity index (χ2n) is 5.01. The average Bonchev–Trinajstić information content (AvgIpc) is 2.59. The summed E-state index contributed by atoms with van der Waals surface area (Å²) in [5, 5.41) is 0. The zero-order chi connectivity index (χ0) is 16.6. The van der Waals surface area contributed by atoms with Gasteiger partial charge < -0.3 is 14.2 Å². The first kappa shape index (κ1) is 16.3. The zero-order valence-corrected chi connectivity index (χ0v) is 15.7. The van der Waals surface area contributed by atoms with Gasteiger partial charge in [-0.25, -0.2) is 0 Å². The van der Waals surface area contributed by atoms with Crippen LogP contribution in [0.5, 0.6) is 17.2 Å². The van der Waals surface area contributed by atoms with Crippen LogP contribution >= 0.6 is 31.9 Å².